The van der Waals surface area contributed by atoms with Crippen LogP contribution >= 0.6 is 0 Å². The molecule has 4 aromatic rings. The van der Waals surface area contributed by atoms with E-state index in [9.17, 15) is 27.6 Å². The first kappa shape index (κ1) is 25.1. The lowest BCUT2D eigenvalue weighted by Gasteiger charge is -2.35. The summed E-state index contributed by atoms with van der Waals surface area (Å²) in [5.74, 6) is -3.66. The van der Waals surface area contributed by atoms with E-state index in [2.05, 4.69) is 5.32 Å². The van der Waals surface area contributed by atoms with E-state index in [0.717, 1.165) is 6.07 Å². The summed E-state index contributed by atoms with van der Waals surface area (Å²) in [6, 6.07) is 12.9. The number of hydrogen-bond acceptors (Lipinski definition) is 4. The Morgan fingerprint density at radius 1 is 0.902 bits per heavy atom. The quantitative estimate of drug-likeness (QED) is 0.334. The number of nitrogens with one attached hydrogen (secondary N) is 1. The molecule has 7 nitrogen and oxygen atoms in total. The number of amides is 2. The van der Waals surface area contributed by atoms with Gasteiger partial charge in [0.15, 0.2) is 11.4 Å². The molecule has 2 amide bonds. The summed E-state index contributed by atoms with van der Waals surface area (Å²) in [5, 5.41) is 2.59. The van der Waals surface area contributed by atoms with Crippen LogP contribution < -0.4 is 20.4 Å². The van der Waals surface area contributed by atoms with E-state index in [4.69, 9.17) is 4.74 Å². The standard InChI is InChI=1S/C31H22F3N3O4/c32-18-10-21-17-4-1-3-16(9-17)15-41-29-27-31(40)37-13-19(7-8-20-24(33)5-2-6-26(20)37)36(27)14-23(28(29)38)30(39)35-12-22(21)25(34)11-18/h1-6,9-11,14,19H,7-8,12-13,15H2,(H,35,39). The van der Waals surface area contributed by atoms with Crippen LogP contribution in [-0.2, 0) is 19.6 Å². The van der Waals surface area contributed by atoms with Crippen molar-refractivity contribution in [3.8, 4) is 16.9 Å². The molecule has 3 aliphatic rings. The van der Waals surface area contributed by atoms with Crippen molar-refractivity contribution >= 4 is 17.5 Å². The first-order valence-electron chi connectivity index (χ1n) is 13.2. The third-order valence-electron chi connectivity index (χ3n) is 7.99. The highest BCUT2D eigenvalue weighted by Gasteiger charge is 2.39. The highest BCUT2D eigenvalue weighted by atomic mass is 19.1. The maximum Gasteiger partial charge on any atom is 0.279 e. The number of anilines is 1. The highest BCUT2D eigenvalue weighted by Crippen LogP contribution is 2.39. The van der Waals surface area contributed by atoms with Gasteiger partial charge in [0.25, 0.3) is 11.8 Å². The third-order valence-corrected chi connectivity index (χ3v) is 7.99. The van der Waals surface area contributed by atoms with Gasteiger partial charge in [-0.2, -0.15) is 0 Å². The van der Waals surface area contributed by atoms with Crippen molar-refractivity contribution in [1.82, 2.24) is 9.88 Å². The van der Waals surface area contributed by atoms with Crippen LogP contribution in [0.1, 0.15) is 50.0 Å². The predicted octanol–water partition coefficient (Wildman–Crippen LogP) is 4.90. The Hall–Kier alpha value is -4.86. The third kappa shape index (κ3) is 4.01. The summed E-state index contributed by atoms with van der Waals surface area (Å²) in [6.07, 6.45) is 2.12. The van der Waals surface area contributed by atoms with E-state index in [0.29, 0.717) is 35.2 Å². The van der Waals surface area contributed by atoms with Crippen LogP contribution in [0.2, 0.25) is 0 Å². The van der Waals surface area contributed by atoms with E-state index < -0.39 is 34.7 Å². The average Bonchev–Trinajstić information content (AvgIpc) is 3.13. The largest absolute Gasteiger partial charge is 0.483 e. The van der Waals surface area contributed by atoms with Crippen molar-refractivity contribution in [2.45, 2.75) is 32.0 Å². The Morgan fingerprint density at radius 3 is 2.59 bits per heavy atom. The second-order valence-electron chi connectivity index (χ2n) is 10.4. The molecule has 41 heavy (non-hydrogen) atoms. The molecule has 0 saturated carbocycles. The average molecular weight is 558 g/mol. The van der Waals surface area contributed by atoms with Crippen LogP contribution in [0, 0.1) is 17.5 Å². The van der Waals surface area contributed by atoms with E-state index >= 15 is 0 Å². The highest BCUT2D eigenvalue weighted by molar-refractivity contribution is 6.09. The molecule has 0 spiro atoms. The van der Waals surface area contributed by atoms with Crippen LogP contribution in [0.25, 0.3) is 11.1 Å². The SMILES string of the molecule is O=C1NCc2c(F)cc(F)cc2-c2cccc(c2)COc2c3n(cc1c2=O)C1CCc2c(F)cccc2N(C1)C3=O. The number of aromatic nitrogens is 1. The van der Waals surface area contributed by atoms with Gasteiger partial charge >= 0.3 is 0 Å². The summed E-state index contributed by atoms with van der Waals surface area (Å²) in [5.41, 5.74) is 1.13. The molecule has 0 fully saturated rings. The second-order valence-corrected chi connectivity index (χ2v) is 10.4. The van der Waals surface area contributed by atoms with E-state index in [1.54, 1.807) is 34.9 Å². The summed E-state index contributed by atoms with van der Waals surface area (Å²) in [6.45, 7) is -0.248. The van der Waals surface area contributed by atoms with Gasteiger partial charge in [-0.25, -0.2) is 13.2 Å². The normalized spacial score (nSPS) is 17.4. The number of benzene rings is 3. The van der Waals surface area contributed by atoms with Gasteiger partial charge in [-0.15, -0.1) is 0 Å². The van der Waals surface area contributed by atoms with Crippen molar-refractivity contribution in [1.29, 1.82) is 0 Å². The fourth-order valence-electron chi connectivity index (χ4n) is 6.00. The number of pyridine rings is 1. The molecule has 1 aromatic heterocycles. The summed E-state index contributed by atoms with van der Waals surface area (Å²) in [7, 11) is 0. The molecule has 206 valence electrons. The van der Waals surface area contributed by atoms with Crippen molar-refractivity contribution in [3.63, 3.8) is 0 Å². The second kappa shape index (κ2) is 9.36. The number of hydrogen-bond donors (Lipinski definition) is 1. The monoisotopic (exact) mass is 557 g/mol. The Morgan fingerprint density at radius 2 is 1.73 bits per heavy atom. The zero-order valence-corrected chi connectivity index (χ0v) is 21.5. The lowest BCUT2D eigenvalue weighted by molar-refractivity contribution is 0.0927. The first-order chi connectivity index (χ1) is 19.8. The van der Waals surface area contributed by atoms with Gasteiger partial charge in [0.2, 0.25) is 5.43 Å². The van der Waals surface area contributed by atoms with Crippen LogP contribution in [-0.4, -0.2) is 22.9 Å². The van der Waals surface area contributed by atoms with E-state index in [-0.39, 0.29) is 53.9 Å². The smallest absolute Gasteiger partial charge is 0.279 e. The molecule has 4 heterocycles. The Bertz CT molecular complexity index is 1850. The number of fused-ring (bicyclic) bond motifs is 13. The molecule has 3 aliphatic heterocycles. The molecular formula is C31H22F3N3O4. The molecule has 0 aliphatic carbocycles. The van der Waals surface area contributed by atoms with Crippen molar-refractivity contribution in [3.05, 3.63) is 116 Å². The Labute approximate surface area is 231 Å². The minimum Gasteiger partial charge on any atom is -0.483 e. The van der Waals surface area contributed by atoms with Crippen molar-refractivity contribution < 1.29 is 27.5 Å². The van der Waals surface area contributed by atoms with Gasteiger partial charge in [0.05, 0.1) is 11.7 Å². The van der Waals surface area contributed by atoms with Crippen molar-refractivity contribution in [2.24, 2.45) is 0 Å². The van der Waals surface area contributed by atoms with Crippen LogP contribution in [0.5, 0.6) is 5.75 Å². The summed E-state index contributed by atoms with van der Waals surface area (Å²) >= 11 is 0. The maximum absolute atomic E-state index is 15.0. The Kier molecular flexibility index (Phi) is 5.74. The predicted molar refractivity (Wildman–Crippen MR) is 143 cm³/mol. The molecule has 1 N–H and O–H groups in total. The number of carbonyl (C=O) groups excluding carboxylic acids is 2. The lowest BCUT2D eigenvalue weighted by atomic mass is 9.97. The zero-order chi connectivity index (χ0) is 28.4. The van der Waals surface area contributed by atoms with Gasteiger partial charge in [0.1, 0.15) is 29.6 Å². The molecule has 10 heteroatoms. The molecule has 0 saturated heterocycles. The number of carbonyl (C=O) groups is 2. The summed E-state index contributed by atoms with van der Waals surface area (Å²) in [4.78, 5) is 42.5. The number of halogens is 3. The number of ether oxygens (including phenoxy) is 1. The van der Waals surface area contributed by atoms with E-state index in [1.165, 1.54) is 29.3 Å². The fourth-order valence-corrected chi connectivity index (χ4v) is 6.00. The lowest BCUT2D eigenvalue weighted by Crippen LogP contribution is -2.45. The number of nitrogens with zero attached hydrogens (tertiary/aromatic N) is 2. The molecule has 1 atom stereocenters. The van der Waals surface area contributed by atoms with E-state index in [1.807, 2.05) is 0 Å². The summed E-state index contributed by atoms with van der Waals surface area (Å²) < 4.78 is 51.5. The molecule has 3 aromatic carbocycles. The minimum absolute atomic E-state index is 0.0256. The fraction of sp³-hybridized carbons (Fsp3) is 0.194. The molecule has 6 bridgehead atoms. The molecule has 7 rings (SSSR count). The van der Waals surface area contributed by atoms with Gasteiger partial charge in [-0.3, -0.25) is 14.4 Å². The molecule has 0 radical (unpaired) electrons. The van der Waals surface area contributed by atoms with Gasteiger partial charge in [0, 0.05) is 36.5 Å². The topological polar surface area (TPSA) is 80.6 Å². The van der Waals surface area contributed by atoms with Crippen molar-refractivity contribution in [2.75, 3.05) is 11.4 Å². The Balaban J connectivity index is 1.41. The van der Waals surface area contributed by atoms with Gasteiger partial charge < -0.3 is 19.5 Å². The minimum atomic E-state index is -0.837. The van der Waals surface area contributed by atoms with Gasteiger partial charge in [-0.05, 0) is 53.8 Å². The van der Waals surface area contributed by atoms with Crippen LogP contribution in [0.3, 0.4) is 0 Å². The first-order valence-corrected chi connectivity index (χ1v) is 13.2. The van der Waals surface area contributed by atoms with Crippen LogP contribution in [0.15, 0.2) is 65.6 Å². The van der Waals surface area contributed by atoms with Gasteiger partial charge in [-0.1, -0.05) is 24.3 Å². The van der Waals surface area contributed by atoms with Crippen LogP contribution in [0.4, 0.5) is 18.9 Å². The number of rotatable bonds is 0. The maximum atomic E-state index is 15.0. The molecular weight excluding hydrogens is 535 g/mol. The zero-order valence-electron chi connectivity index (χ0n) is 21.5. The molecule has 1 unspecified atom stereocenters.